The van der Waals surface area contributed by atoms with E-state index in [4.69, 9.17) is 5.11 Å². The molecule has 3 atom stereocenters. The van der Waals surface area contributed by atoms with Crippen LogP contribution in [0.25, 0.3) is 0 Å². The number of carbonyl (C=O) groups is 1. The summed E-state index contributed by atoms with van der Waals surface area (Å²) < 4.78 is 37.8. The molecule has 0 radical (unpaired) electrons. The highest BCUT2D eigenvalue weighted by Gasteiger charge is 2.46. The van der Waals surface area contributed by atoms with Gasteiger partial charge in [0.2, 0.25) is 0 Å². The molecule has 1 aliphatic rings. The van der Waals surface area contributed by atoms with E-state index >= 15 is 0 Å². The summed E-state index contributed by atoms with van der Waals surface area (Å²) in [5, 5.41) is 8.68. The minimum Gasteiger partial charge on any atom is -0.481 e. The third kappa shape index (κ3) is 3.86. The lowest BCUT2D eigenvalue weighted by atomic mass is 9.85. The molecule has 1 saturated carbocycles. The van der Waals surface area contributed by atoms with Gasteiger partial charge in [-0.2, -0.15) is 13.2 Å². The van der Waals surface area contributed by atoms with Crippen LogP contribution in [0.15, 0.2) is 0 Å². The molecule has 0 aromatic heterocycles. The van der Waals surface area contributed by atoms with Crippen molar-refractivity contribution in [1.82, 2.24) is 4.90 Å². The summed E-state index contributed by atoms with van der Waals surface area (Å²) in [4.78, 5) is 12.3. The van der Waals surface area contributed by atoms with Crippen molar-refractivity contribution in [3.8, 4) is 0 Å². The van der Waals surface area contributed by atoms with Gasteiger partial charge in [-0.05, 0) is 25.8 Å². The van der Waals surface area contributed by atoms with Crippen LogP contribution in [0.4, 0.5) is 13.2 Å². The van der Waals surface area contributed by atoms with E-state index in [2.05, 4.69) is 0 Å². The van der Waals surface area contributed by atoms with Gasteiger partial charge in [-0.15, -0.1) is 0 Å². The van der Waals surface area contributed by atoms with Crippen LogP contribution in [0.3, 0.4) is 0 Å². The molecule has 1 fully saturated rings. The summed E-state index contributed by atoms with van der Waals surface area (Å²) in [5.74, 6) is -3.76. The lowest BCUT2D eigenvalue weighted by Crippen LogP contribution is -2.46. The van der Waals surface area contributed by atoms with Crippen LogP contribution in [0.5, 0.6) is 0 Å². The molecule has 1 N–H and O–H groups in total. The largest absolute Gasteiger partial charge is 0.481 e. The van der Waals surface area contributed by atoms with Crippen LogP contribution >= 0.6 is 0 Å². The van der Waals surface area contributed by atoms with E-state index in [-0.39, 0.29) is 6.04 Å². The first-order valence-corrected chi connectivity index (χ1v) is 6.23. The molecule has 0 bridgehead atoms. The molecule has 0 aliphatic heterocycles. The van der Waals surface area contributed by atoms with Crippen molar-refractivity contribution in [3.05, 3.63) is 0 Å². The van der Waals surface area contributed by atoms with Crippen LogP contribution in [0, 0.1) is 11.8 Å². The van der Waals surface area contributed by atoms with Crippen LogP contribution in [0.2, 0.25) is 0 Å². The Morgan fingerprint density at radius 1 is 1.39 bits per heavy atom. The highest BCUT2D eigenvalue weighted by Crippen LogP contribution is 2.31. The molecule has 0 amide bonds. The SMILES string of the molecule is CC1CCCCC1N(C)CC(C(=O)O)C(F)(F)F. The Kier molecular flexibility index (Phi) is 5.01. The van der Waals surface area contributed by atoms with Crippen LogP contribution in [0.1, 0.15) is 32.6 Å². The standard InChI is InChI=1S/C12H20F3NO2/c1-8-5-3-4-6-10(8)16(2)7-9(11(17)18)12(13,14)15/h8-10H,3-7H2,1-2H3,(H,17,18). The van der Waals surface area contributed by atoms with Crippen molar-refractivity contribution in [2.45, 2.75) is 44.8 Å². The van der Waals surface area contributed by atoms with Gasteiger partial charge >= 0.3 is 12.1 Å². The highest BCUT2D eigenvalue weighted by molar-refractivity contribution is 5.71. The summed E-state index contributed by atoms with van der Waals surface area (Å²) >= 11 is 0. The molecule has 0 heterocycles. The zero-order valence-electron chi connectivity index (χ0n) is 10.7. The van der Waals surface area contributed by atoms with Gasteiger partial charge in [0.15, 0.2) is 5.92 Å². The van der Waals surface area contributed by atoms with E-state index in [9.17, 15) is 18.0 Å². The van der Waals surface area contributed by atoms with Crippen LogP contribution < -0.4 is 0 Å². The number of halogens is 3. The molecule has 0 aromatic rings. The normalized spacial score (nSPS) is 27.2. The molecule has 1 aliphatic carbocycles. The number of hydrogen-bond acceptors (Lipinski definition) is 2. The highest BCUT2D eigenvalue weighted by atomic mass is 19.4. The van der Waals surface area contributed by atoms with Crippen LogP contribution in [-0.2, 0) is 4.79 Å². The number of hydrogen-bond donors (Lipinski definition) is 1. The summed E-state index contributed by atoms with van der Waals surface area (Å²) in [6.45, 7) is 1.55. The monoisotopic (exact) mass is 267 g/mol. The fourth-order valence-corrected chi connectivity index (χ4v) is 2.70. The topological polar surface area (TPSA) is 40.5 Å². The van der Waals surface area contributed by atoms with E-state index < -0.39 is 24.6 Å². The number of carboxylic acid groups (broad SMARTS) is 1. The first-order valence-electron chi connectivity index (χ1n) is 6.23. The van der Waals surface area contributed by atoms with Crippen molar-refractivity contribution in [3.63, 3.8) is 0 Å². The van der Waals surface area contributed by atoms with Gasteiger partial charge < -0.3 is 10.0 Å². The van der Waals surface area contributed by atoms with Crippen molar-refractivity contribution in [2.75, 3.05) is 13.6 Å². The van der Waals surface area contributed by atoms with Crippen molar-refractivity contribution in [2.24, 2.45) is 11.8 Å². The van der Waals surface area contributed by atoms with E-state index in [0.717, 1.165) is 25.7 Å². The summed E-state index contributed by atoms with van der Waals surface area (Å²) in [6, 6.07) is 0.0583. The van der Waals surface area contributed by atoms with Crippen molar-refractivity contribution < 1.29 is 23.1 Å². The second-order valence-electron chi connectivity index (χ2n) is 5.20. The summed E-state index contributed by atoms with van der Waals surface area (Å²) in [7, 11) is 1.59. The quantitative estimate of drug-likeness (QED) is 0.851. The fraction of sp³-hybridized carbons (Fsp3) is 0.917. The molecule has 0 saturated heterocycles. The first-order chi connectivity index (χ1) is 8.23. The maximum Gasteiger partial charge on any atom is 0.403 e. The number of rotatable bonds is 4. The average molecular weight is 267 g/mol. The van der Waals surface area contributed by atoms with Gasteiger partial charge in [-0.25, -0.2) is 0 Å². The molecule has 6 heteroatoms. The second-order valence-corrected chi connectivity index (χ2v) is 5.20. The Hall–Kier alpha value is -0.780. The first kappa shape index (κ1) is 15.3. The molecular formula is C12H20F3NO2. The lowest BCUT2D eigenvalue weighted by molar-refractivity contribution is -0.197. The Bertz CT molecular complexity index is 294. The number of carboxylic acids is 1. The molecule has 3 unspecified atom stereocenters. The molecule has 0 spiro atoms. The number of nitrogens with zero attached hydrogens (tertiary/aromatic N) is 1. The zero-order chi connectivity index (χ0) is 13.9. The Balaban J connectivity index is 2.66. The lowest BCUT2D eigenvalue weighted by Gasteiger charge is -2.37. The van der Waals surface area contributed by atoms with Gasteiger partial charge in [0.25, 0.3) is 0 Å². The van der Waals surface area contributed by atoms with Crippen molar-refractivity contribution in [1.29, 1.82) is 0 Å². The van der Waals surface area contributed by atoms with Gasteiger partial charge in [0.05, 0.1) is 0 Å². The third-order valence-corrected chi connectivity index (χ3v) is 3.80. The number of alkyl halides is 3. The Morgan fingerprint density at radius 3 is 2.39 bits per heavy atom. The van der Waals surface area contributed by atoms with Gasteiger partial charge in [-0.3, -0.25) is 4.79 Å². The molecular weight excluding hydrogens is 247 g/mol. The molecule has 106 valence electrons. The third-order valence-electron chi connectivity index (χ3n) is 3.80. The summed E-state index contributed by atoms with van der Waals surface area (Å²) in [5.41, 5.74) is 0. The van der Waals surface area contributed by atoms with E-state index in [1.165, 1.54) is 0 Å². The smallest absolute Gasteiger partial charge is 0.403 e. The van der Waals surface area contributed by atoms with E-state index in [1.807, 2.05) is 6.92 Å². The van der Waals surface area contributed by atoms with Gasteiger partial charge in [0.1, 0.15) is 0 Å². The Morgan fingerprint density at radius 2 is 1.94 bits per heavy atom. The van der Waals surface area contributed by atoms with Crippen molar-refractivity contribution >= 4 is 5.97 Å². The molecule has 0 aromatic carbocycles. The molecule has 3 nitrogen and oxygen atoms in total. The molecule has 18 heavy (non-hydrogen) atoms. The van der Waals surface area contributed by atoms with E-state index in [1.54, 1.807) is 11.9 Å². The maximum absolute atomic E-state index is 12.6. The molecule has 1 rings (SSSR count). The Labute approximate surface area is 105 Å². The maximum atomic E-state index is 12.6. The van der Waals surface area contributed by atoms with Crippen LogP contribution in [-0.4, -0.2) is 41.8 Å². The minimum absolute atomic E-state index is 0.0583. The predicted molar refractivity (Wildman–Crippen MR) is 61.2 cm³/mol. The summed E-state index contributed by atoms with van der Waals surface area (Å²) in [6.07, 6.45) is -0.727. The van der Waals surface area contributed by atoms with Gasteiger partial charge in [-0.1, -0.05) is 19.8 Å². The average Bonchev–Trinajstić information content (AvgIpc) is 2.24. The predicted octanol–water partition coefficient (Wildman–Crippen LogP) is 2.76. The minimum atomic E-state index is -4.68. The number of aliphatic carboxylic acids is 1. The zero-order valence-corrected chi connectivity index (χ0v) is 10.7. The van der Waals surface area contributed by atoms with Gasteiger partial charge in [0, 0.05) is 12.6 Å². The second kappa shape index (κ2) is 5.91. The van der Waals surface area contributed by atoms with E-state index in [0.29, 0.717) is 5.92 Å². The fourth-order valence-electron chi connectivity index (χ4n) is 2.70.